The quantitative estimate of drug-likeness (QED) is 0.874. The van der Waals surface area contributed by atoms with Crippen molar-refractivity contribution in [3.63, 3.8) is 0 Å². The number of amides is 1. The van der Waals surface area contributed by atoms with Crippen LogP contribution >= 0.6 is 38.9 Å². The number of hydrogen-bond donors (Lipinski definition) is 1. The third-order valence-electron chi connectivity index (χ3n) is 3.30. The molecule has 2 aromatic heterocycles. The Morgan fingerprint density at radius 3 is 2.80 bits per heavy atom. The highest BCUT2D eigenvalue weighted by Gasteiger charge is 2.25. The summed E-state index contributed by atoms with van der Waals surface area (Å²) < 4.78 is 5.82. The summed E-state index contributed by atoms with van der Waals surface area (Å²) in [5.74, 6) is -0.0960. The van der Waals surface area contributed by atoms with Gasteiger partial charge in [0.15, 0.2) is 0 Å². The number of rotatable bonds is 2. The van der Waals surface area contributed by atoms with Crippen molar-refractivity contribution in [2.24, 2.45) is 0 Å². The molecule has 1 N–H and O–H groups in total. The van der Waals surface area contributed by atoms with Crippen LogP contribution in [0.1, 0.15) is 20.9 Å². The van der Waals surface area contributed by atoms with Crippen LogP contribution in [0.3, 0.4) is 0 Å². The summed E-state index contributed by atoms with van der Waals surface area (Å²) in [5, 5.41) is 4.50. The number of hydrogen-bond acceptors (Lipinski definition) is 4. The highest BCUT2D eigenvalue weighted by Crippen LogP contribution is 2.39. The van der Waals surface area contributed by atoms with Crippen LogP contribution in [0, 0.1) is 13.8 Å². The molecule has 1 aliphatic rings. The van der Waals surface area contributed by atoms with E-state index >= 15 is 0 Å². The molecule has 3 heterocycles. The molecule has 20 heavy (non-hydrogen) atoms. The largest absolute Gasteiger partial charge is 0.377 e. The lowest BCUT2D eigenvalue weighted by Gasteiger charge is -2.26. The Labute approximate surface area is 133 Å². The molecule has 0 atom stereocenters. The van der Waals surface area contributed by atoms with E-state index in [9.17, 15) is 4.79 Å². The monoisotopic (exact) mass is 374 g/mol. The van der Waals surface area contributed by atoms with Gasteiger partial charge in [-0.2, -0.15) is 0 Å². The van der Waals surface area contributed by atoms with Crippen molar-refractivity contribution in [3.05, 3.63) is 25.6 Å². The molecule has 0 saturated carbocycles. The highest BCUT2D eigenvalue weighted by molar-refractivity contribution is 9.10. The summed E-state index contributed by atoms with van der Waals surface area (Å²) in [7, 11) is 0. The second-order valence-corrected chi connectivity index (χ2v) is 6.94. The van der Waals surface area contributed by atoms with Crippen molar-refractivity contribution in [1.82, 2.24) is 10.3 Å². The predicted octanol–water partition coefficient (Wildman–Crippen LogP) is 3.46. The fourth-order valence-corrected chi connectivity index (χ4v) is 4.35. The Balaban J connectivity index is 2.06. The van der Waals surface area contributed by atoms with Crippen LogP contribution in [-0.2, 0) is 4.74 Å². The Kier molecular flexibility index (Phi) is 3.75. The minimum Gasteiger partial charge on any atom is -0.377 e. The van der Waals surface area contributed by atoms with Gasteiger partial charge in [0.2, 0.25) is 0 Å². The van der Waals surface area contributed by atoms with Gasteiger partial charge in [-0.1, -0.05) is 11.6 Å². The van der Waals surface area contributed by atoms with E-state index in [0.717, 1.165) is 25.9 Å². The average Bonchev–Trinajstić information content (AvgIpc) is 2.68. The first-order valence-corrected chi connectivity index (χ1v) is 8.11. The number of ether oxygens (including phenoxy) is 1. The van der Waals surface area contributed by atoms with Crippen LogP contribution in [0.25, 0.3) is 10.2 Å². The summed E-state index contributed by atoms with van der Waals surface area (Å²) in [6.07, 6.45) is 0. The van der Waals surface area contributed by atoms with Crippen LogP contribution in [0.5, 0.6) is 0 Å². The van der Waals surface area contributed by atoms with Crippen LogP contribution in [0.15, 0.2) is 4.47 Å². The van der Waals surface area contributed by atoms with E-state index in [0.29, 0.717) is 23.1 Å². The van der Waals surface area contributed by atoms with Gasteiger partial charge >= 0.3 is 0 Å². The molecule has 0 spiro atoms. The summed E-state index contributed by atoms with van der Waals surface area (Å²) in [4.78, 5) is 18.2. The fourth-order valence-electron chi connectivity index (χ4n) is 2.10. The minimum atomic E-state index is -0.0960. The van der Waals surface area contributed by atoms with Gasteiger partial charge in [-0.25, -0.2) is 4.98 Å². The van der Waals surface area contributed by atoms with E-state index in [-0.39, 0.29) is 11.9 Å². The van der Waals surface area contributed by atoms with Crippen LogP contribution in [-0.4, -0.2) is 30.1 Å². The summed E-state index contributed by atoms with van der Waals surface area (Å²) in [6, 6.07) is 0.110. The second-order valence-electron chi connectivity index (χ2n) is 4.77. The van der Waals surface area contributed by atoms with E-state index in [1.807, 2.05) is 13.8 Å². The van der Waals surface area contributed by atoms with Gasteiger partial charge in [-0.3, -0.25) is 4.79 Å². The minimum absolute atomic E-state index is 0.0960. The molecule has 0 unspecified atom stereocenters. The maximum Gasteiger partial charge on any atom is 0.262 e. The number of aryl methyl sites for hydroxylation is 2. The molecule has 2 aromatic rings. The molecule has 3 rings (SSSR count). The van der Waals surface area contributed by atoms with Crippen LogP contribution in [0.2, 0.25) is 5.02 Å². The Bertz CT molecular complexity index is 712. The molecule has 106 valence electrons. The lowest BCUT2D eigenvalue weighted by Crippen LogP contribution is -2.48. The fraction of sp³-hybridized carbons (Fsp3) is 0.385. The second kappa shape index (κ2) is 5.26. The number of pyridine rings is 1. The Morgan fingerprint density at radius 1 is 1.50 bits per heavy atom. The standard InChI is InChI=1S/C13H12BrClN2O2S/c1-5-8-9(14)11(12(18)17-7-3-19-4-7)20-13(8)16-6(2)10(5)15/h7H,3-4H2,1-2H3,(H,17,18). The SMILES string of the molecule is Cc1nc2sc(C(=O)NC3COC3)c(Br)c2c(C)c1Cl. The first kappa shape index (κ1) is 14.3. The molecule has 1 fully saturated rings. The normalized spacial score (nSPS) is 15.4. The molecular formula is C13H12BrClN2O2S. The molecule has 0 aliphatic carbocycles. The van der Waals surface area contributed by atoms with Gasteiger partial charge in [-0.05, 0) is 35.3 Å². The summed E-state index contributed by atoms with van der Waals surface area (Å²) >= 11 is 11.1. The summed E-state index contributed by atoms with van der Waals surface area (Å²) in [6.45, 7) is 4.97. The van der Waals surface area contributed by atoms with Crippen molar-refractivity contribution in [3.8, 4) is 0 Å². The molecule has 0 aromatic carbocycles. The van der Waals surface area contributed by atoms with E-state index in [2.05, 4.69) is 26.2 Å². The Morgan fingerprint density at radius 2 is 2.20 bits per heavy atom. The number of carbonyl (C=O) groups is 1. The van der Waals surface area contributed by atoms with Gasteiger partial charge in [0.25, 0.3) is 5.91 Å². The van der Waals surface area contributed by atoms with Crippen molar-refractivity contribution >= 4 is 55.0 Å². The van der Waals surface area contributed by atoms with Crippen molar-refractivity contribution in [1.29, 1.82) is 0 Å². The number of aromatic nitrogens is 1. The van der Waals surface area contributed by atoms with Crippen LogP contribution < -0.4 is 5.32 Å². The number of fused-ring (bicyclic) bond motifs is 1. The smallest absolute Gasteiger partial charge is 0.262 e. The van der Waals surface area contributed by atoms with E-state index in [4.69, 9.17) is 16.3 Å². The first-order chi connectivity index (χ1) is 9.49. The molecule has 4 nitrogen and oxygen atoms in total. The molecule has 1 aliphatic heterocycles. The van der Waals surface area contributed by atoms with Crippen molar-refractivity contribution in [2.75, 3.05) is 13.2 Å². The van der Waals surface area contributed by atoms with Gasteiger partial charge in [-0.15, -0.1) is 11.3 Å². The molecule has 7 heteroatoms. The zero-order chi connectivity index (χ0) is 14.4. The number of halogens is 2. The highest BCUT2D eigenvalue weighted by atomic mass is 79.9. The van der Waals surface area contributed by atoms with Gasteiger partial charge in [0.05, 0.1) is 34.4 Å². The predicted molar refractivity (Wildman–Crippen MR) is 83.9 cm³/mol. The zero-order valence-electron chi connectivity index (χ0n) is 10.9. The lowest BCUT2D eigenvalue weighted by atomic mass is 10.1. The third kappa shape index (κ3) is 2.24. The zero-order valence-corrected chi connectivity index (χ0v) is 14.1. The molecule has 1 saturated heterocycles. The molecular weight excluding hydrogens is 364 g/mol. The van der Waals surface area contributed by atoms with Crippen molar-refractivity contribution in [2.45, 2.75) is 19.9 Å². The average molecular weight is 376 g/mol. The van der Waals surface area contributed by atoms with Gasteiger partial charge < -0.3 is 10.1 Å². The van der Waals surface area contributed by atoms with E-state index in [1.165, 1.54) is 11.3 Å². The van der Waals surface area contributed by atoms with E-state index < -0.39 is 0 Å². The first-order valence-electron chi connectivity index (χ1n) is 6.12. The summed E-state index contributed by atoms with van der Waals surface area (Å²) in [5.41, 5.74) is 1.73. The maximum absolute atomic E-state index is 12.3. The van der Waals surface area contributed by atoms with E-state index in [1.54, 1.807) is 0 Å². The Hall–Kier alpha value is -0.690. The number of nitrogens with one attached hydrogen (secondary N) is 1. The van der Waals surface area contributed by atoms with Crippen LogP contribution in [0.4, 0.5) is 0 Å². The van der Waals surface area contributed by atoms with Crippen molar-refractivity contribution < 1.29 is 9.53 Å². The lowest BCUT2D eigenvalue weighted by molar-refractivity contribution is -0.00340. The number of thiophene rings is 1. The number of nitrogens with zero attached hydrogens (tertiary/aromatic N) is 1. The molecule has 1 amide bonds. The topological polar surface area (TPSA) is 51.2 Å². The molecule has 0 bridgehead atoms. The number of carbonyl (C=O) groups excluding carboxylic acids is 1. The maximum atomic E-state index is 12.3. The van der Waals surface area contributed by atoms with Gasteiger partial charge in [0.1, 0.15) is 9.71 Å². The molecule has 0 radical (unpaired) electrons. The van der Waals surface area contributed by atoms with Gasteiger partial charge in [0, 0.05) is 5.39 Å². The third-order valence-corrected chi connectivity index (χ3v) is 6.00.